The van der Waals surface area contributed by atoms with Crippen LogP contribution in [0, 0.1) is 0 Å². The zero-order valence-corrected chi connectivity index (χ0v) is 9.92. The highest BCUT2D eigenvalue weighted by molar-refractivity contribution is 7.89. The van der Waals surface area contributed by atoms with Gasteiger partial charge in [0.15, 0.2) is 5.75 Å². The quantitative estimate of drug-likeness (QED) is 0.790. The molecule has 0 saturated carbocycles. The third-order valence-corrected chi connectivity index (χ3v) is 3.07. The molecule has 0 unspecified atom stereocenters. The molecule has 0 aliphatic carbocycles. The summed E-state index contributed by atoms with van der Waals surface area (Å²) in [6.07, 6.45) is 2.68. The van der Waals surface area contributed by atoms with Gasteiger partial charge in [0.05, 0.1) is 18.1 Å². The molecule has 1 heterocycles. The van der Waals surface area contributed by atoms with E-state index in [-0.39, 0.29) is 18.2 Å². The minimum absolute atomic E-state index is 0. The predicted octanol–water partition coefficient (Wildman–Crippen LogP) is -0.160. The number of rotatable bonds is 5. The molecule has 0 aliphatic rings. The van der Waals surface area contributed by atoms with Gasteiger partial charge < -0.3 is 10.5 Å². The SMILES string of the molecule is CCS(=O)(=O)n1cc(OCCN)cn1.Cl. The normalized spacial score (nSPS) is 10.8. The fraction of sp³-hybridized carbons (Fsp3) is 0.571. The highest BCUT2D eigenvalue weighted by Crippen LogP contribution is 2.09. The first-order valence-corrected chi connectivity index (χ1v) is 5.82. The Bertz CT molecular complexity index is 390. The number of hydrogen-bond acceptors (Lipinski definition) is 5. The summed E-state index contributed by atoms with van der Waals surface area (Å²) in [6.45, 7) is 2.28. The second-order valence-corrected chi connectivity index (χ2v) is 4.70. The van der Waals surface area contributed by atoms with Crippen LogP contribution < -0.4 is 10.5 Å². The minimum atomic E-state index is -3.31. The lowest BCUT2D eigenvalue weighted by molar-refractivity contribution is 0.328. The first-order valence-electron chi connectivity index (χ1n) is 4.21. The van der Waals surface area contributed by atoms with Crippen molar-refractivity contribution in [3.63, 3.8) is 0 Å². The standard InChI is InChI=1S/C7H13N3O3S.ClH/c1-2-14(11,12)10-6-7(5-9-10)13-4-3-8;/h5-6H,2-4,8H2,1H3;1H. The van der Waals surface area contributed by atoms with Crippen molar-refractivity contribution >= 4 is 22.4 Å². The third kappa shape index (κ3) is 3.69. The van der Waals surface area contributed by atoms with Crippen molar-refractivity contribution in [2.75, 3.05) is 18.9 Å². The molecule has 15 heavy (non-hydrogen) atoms. The van der Waals surface area contributed by atoms with E-state index in [0.717, 1.165) is 4.09 Å². The summed E-state index contributed by atoms with van der Waals surface area (Å²) in [6, 6.07) is 0. The van der Waals surface area contributed by atoms with Crippen molar-refractivity contribution in [3.05, 3.63) is 12.4 Å². The van der Waals surface area contributed by atoms with E-state index < -0.39 is 10.0 Å². The lowest BCUT2D eigenvalue weighted by Crippen LogP contribution is -2.15. The zero-order valence-electron chi connectivity index (χ0n) is 8.29. The van der Waals surface area contributed by atoms with Gasteiger partial charge in [0.25, 0.3) is 10.0 Å². The van der Waals surface area contributed by atoms with Crippen LogP contribution in [0.1, 0.15) is 6.92 Å². The van der Waals surface area contributed by atoms with E-state index in [1.54, 1.807) is 6.92 Å². The fourth-order valence-corrected chi connectivity index (χ4v) is 1.54. The molecule has 1 aromatic rings. The molecule has 2 N–H and O–H groups in total. The van der Waals surface area contributed by atoms with E-state index in [9.17, 15) is 8.42 Å². The van der Waals surface area contributed by atoms with Gasteiger partial charge in [-0.15, -0.1) is 12.4 Å². The number of hydrogen-bond donors (Lipinski definition) is 1. The lowest BCUT2D eigenvalue weighted by atomic mass is 10.6. The van der Waals surface area contributed by atoms with Crippen LogP contribution in [0.3, 0.4) is 0 Å². The molecule has 0 atom stereocenters. The molecule has 8 heteroatoms. The van der Waals surface area contributed by atoms with Crippen LogP contribution in [0.5, 0.6) is 5.75 Å². The predicted molar refractivity (Wildman–Crippen MR) is 58.9 cm³/mol. The zero-order chi connectivity index (χ0) is 10.6. The van der Waals surface area contributed by atoms with Crippen molar-refractivity contribution in [1.29, 1.82) is 0 Å². The summed E-state index contributed by atoms with van der Waals surface area (Å²) in [7, 11) is -3.31. The Morgan fingerprint density at radius 2 is 2.27 bits per heavy atom. The fourth-order valence-electron chi connectivity index (χ4n) is 0.825. The van der Waals surface area contributed by atoms with Gasteiger partial charge in [-0.2, -0.15) is 9.19 Å². The number of nitrogens with two attached hydrogens (primary N) is 1. The Morgan fingerprint density at radius 3 is 2.80 bits per heavy atom. The summed E-state index contributed by atoms with van der Waals surface area (Å²) in [5, 5.41) is 3.67. The van der Waals surface area contributed by atoms with E-state index in [1.165, 1.54) is 12.4 Å². The Hall–Kier alpha value is -0.790. The summed E-state index contributed by atoms with van der Waals surface area (Å²) in [4.78, 5) is 0. The molecule has 6 nitrogen and oxygen atoms in total. The molecule has 0 fully saturated rings. The molecule has 0 aromatic carbocycles. The smallest absolute Gasteiger partial charge is 0.253 e. The average molecular weight is 256 g/mol. The maximum absolute atomic E-state index is 11.3. The van der Waals surface area contributed by atoms with Crippen molar-refractivity contribution in [2.24, 2.45) is 5.73 Å². The summed E-state index contributed by atoms with van der Waals surface area (Å²) >= 11 is 0. The highest BCUT2D eigenvalue weighted by Gasteiger charge is 2.11. The van der Waals surface area contributed by atoms with Crippen LogP contribution >= 0.6 is 12.4 Å². The van der Waals surface area contributed by atoms with Crippen molar-refractivity contribution < 1.29 is 13.2 Å². The van der Waals surface area contributed by atoms with Gasteiger partial charge in [-0.3, -0.25) is 0 Å². The van der Waals surface area contributed by atoms with Gasteiger partial charge in [0.2, 0.25) is 0 Å². The van der Waals surface area contributed by atoms with Crippen molar-refractivity contribution in [1.82, 2.24) is 9.19 Å². The van der Waals surface area contributed by atoms with Crippen LogP contribution in [0.4, 0.5) is 0 Å². The maximum Gasteiger partial charge on any atom is 0.253 e. The average Bonchev–Trinajstić information content (AvgIpc) is 2.63. The van der Waals surface area contributed by atoms with Gasteiger partial charge in [0.1, 0.15) is 6.61 Å². The Balaban J connectivity index is 0.00000196. The second kappa shape index (κ2) is 5.94. The molecule has 88 valence electrons. The van der Waals surface area contributed by atoms with Gasteiger partial charge in [-0.1, -0.05) is 0 Å². The van der Waals surface area contributed by atoms with Gasteiger partial charge in [-0.25, -0.2) is 8.42 Å². The van der Waals surface area contributed by atoms with Crippen LogP contribution in [-0.2, 0) is 10.0 Å². The number of halogens is 1. The number of aromatic nitrogens is 2. The third-order valence-electron chi connectivity index (χ3n) is 1.57. The Kier molecular flexibility index (Phi) is 5.63. The molecule has 0 bridgehead atoms. The number of nitrogens with zero attached hydrogens (tertiary/aromatic N) is 2. The topological polar surface area (TPSA) is 87.2 Å². The van der Waals surface area contributed by atoms with Crippen LogP contribution in [0.15, 0.2) is 12.4 Å². The molecule has 0 aliphatic heterocycles. The molecule has 0 spiro atoms. The molecule has 1 aromatic heterocycles. The van der Waals surface area contributed by atoms with Gasteiger partial charge in [-0.05, 0) is 6.92 Å². The molecule has 0 saturated heterocycles. The van der Waals surface area contributed by atoms with E-state index in [1.807, 2.05) is 0 Å². The molecule has 0 radical (unpaired) electrons. The first kappa shape index (κ1) is 14.2. The van der Waals surface area contributed by atoms with Crippen LogP contribution in [-0.4, -0.2) is 36.5 Å². The van der Waals surface area contributed by atoms with Crippen molar-refractivity contribution in [3.8, 4) is 5.75 Å². The van der Waals surface area contributed by atoms with Crippen LogP contribution in [0.2, 0.25) is 0 Å². The Morgan fingerprint density at radius 1 is 1.60 bits per heavy atom. The highest BCUT2D eigenvalue weighted by atomic mass is 35.5. The molecule has 0 amide bonds. The summed E-state index contributed by atoms with van der Waals surface area (Å²) in [5.41, 5.74) is 5.22. The summed E-state index contributed by atoms with van der Waals surface area (Å²) in [5.74, 6) is 0.415. The van der Waals surface area contributed by atoms with E-state index >= 15 is 0 Å². The van der Waals surface area contributed by atoms with Gasteiger partial charge in [0, 0.05) is 6.54 Å². The number of ether oxygens (including phenoxy) is 1. The monoisotopic (exact) mass is 255 g/mol. The largest absolute Gasteiger partial charge is 0.489 e. The first-order chi connectivity index (χ1) is 6.60. The summed E-state index contributed by atoms with van der Waals surface area (Å²) < 4.78 is 28.6. The minimum Gasteiger partial charge on any atom is -0.489 e. The van der Waals surface area contributed by atoms with Gasteiger partial charge >= 0.3 is 0 Å². The lowest BCUT2D eigenvalue weighted by Gasteiger charge is -2.00. The Labute approximate surface area is 94.9 Å². The maximum atomic E-state index is 11.3. The molecular formula is C7H14ClN3O3S. The van der Waals surface area contributed by atoms with Crippen molar-refractivity contribution in [2.45, 2.75) is 6.92 Å². The second-order valence-electron chi connectivity index (χ2n) is 2.59. The molecular weight excluding hydrogens is 242 g/mol. The molecule has 1 rings (SSSR count). The van der Waals surface area contributed by atoms with E-state index in [0.29, 0.717) is 18.9 Å². The van der Waals surface area contributed by atoms with E-state index in [2.05, 4.69) is 5.10 Å². The van der Waals surface area contributed by atoms with Crippen LogP contribution in [0.25, 0.3) is 0 Å². The van der Waals surface area contributed by atoms with E-state index in [4.69, 9.17) is 10.5 Å².